The Balaban J connectivity index is 0.000000561. The third kappa shape index (κ3) is 3.42. The number of hydrogen-bond donors (Lipinski definition) is 0. The predicted molar refractivity (Wildman–Crippen MR) is 57.3 cm³/mol. The summed E-state index contributed by atoms with van der Waals surface area (Å²) in [5.74, 6) is 0.982. The van der Waals surface area contributed by atoms with Crippen LogP contribution in [0.4, 0.5) is 0 Å². The molecule has 0 amide bonds. The molecule has 0 atom stereocenters. The van der Waals surface area contributed by atoms with E-state index in [1.54, 1.807) is 0 Å². The van der Waals surface area contributed by atoms with Gasteiger partial charge in [0.25, 0.3) is 0 Å². The summed E-state index contributed by atoms with van der Waals surface area (Å²) in [6.45, 7) is 10.8. The van der Waals surface area contributed by atoms with E-state index >= 15 is 0 Å². The molecule has 1 aliphatic carbocycles. The molecule has 0 saturated heterocycles. The lowest BCUT2D eigenvalue weighted by molar-refractivity contribution is 0.0916. The van der Waals surface area contributed by atoms with E-state index in [4.69, 9.17) is 0 Å². The highest BCUT2D eigenvalue weighted by atomic mass is 14.4. The van der Waals surface area contributed by atoms with E-state index in [-0.39, 0.29) is 0 Å². The van der Waals surface area contributed by atoms with Gasteiger partial charge in [0.1, 0.15) is 0 Å². The normalized spacial score (nSPS) is 33.9. The maximum Gasteiger partial charge on any atom is -0.0286 e. The summed E-state index contributed by atoms with van der Waals surface area (Å²) >= 11 is 0. The highest BCUT2D eigenvalue weighted by Crippen LogP contribution is 2.47. The average Bonchev–Trinajstić information content (AvgIpc) is 2.02. The molecule has 1 saturated carbocycles. The van der Waals surface area contributed by atoms with Crippen LogP contribution in [0, 0.1) is 11.3 Å². The van der Waals surface area contributed by atoms with Gasteiger partial charge in [0.15, 0.2) is 0 Å². The van der Waals surface area contributed by atoms with Crippen LogP contribution in [0.1, 0.15) is 53.9 Å². The van der Waals surface area contributed by atoms with Crippen LogP contribution in [0.2, 0.25) is 0 Å². The van der Waals surface area contributed by atoms with Crippen molar-refractivity contribution in [2.75, 3.05) is 0 Å². The quantitative estimate of drug-likeness (QED) is 0.536. The molecule has 0 aromatic carbocycles. The van der Waals surface area contributed by atoms with Crippen LogP contribution >= 0.6 is 0 Å². The monoisotopic (exact) mass is 168 g/mol. The van der Waals surface area contributed by atoms with Crippen LogP contribution < -0.4 is 0 Å². The lowest BCUT2D eigenvalue weighted by Gasteiger charge is -2.43. The molecule has 0 N–H and O–H groups in total. The number of allylic oxidation sites excluding steroid dienone is 2. The van der Waals surface area contributed by atoms with Crippen molar-refractivity contribution in [1.29, 1.82) is 0 Å². The molecule has 1 fully saturated rings. The third-order valence-corrected chi connectivity index (χ3v) is 2.53. The Morgan fingerprint density at radius 1 is 1.33 bits per heavy atom. The van der Waals surface area contributed by atoms with E-state index in [0.717, 1.165) is 5.92 Å². The first-order chi connectivity index (χ1) is 5.66. The summed E-state index contributed by atoms with van der Waals surface area (Å²) in [4.78, 5) is 0. The van der Waals surface area contributed by atoms with E-state index in [1.165, 1.54) is 19.3 Å². The van der Waals surface area contributed by atoms with Crippen LogP contribution in [0.25, 0.3) is 0 Å². The van der Waals surface area contributed by atoms with Gasteiger partial charge in [-0.25, -0.2) is 0 Å². The topological polar surface area (TPSA) is 0 Å². The molecule has 0 spiro atoms. The maximum absolute atomic E-state index is 2.40. The summed E-state index contributed by atoms with van der Waals surface area (Å²) in [5, 5.41) is 0. The van der Waals surface area contributed by atoms with E-state index in [1.807, 2.05) is 13.8 Å². The summed E-state index contributed by atoms with van der Waals surface area (Å²) < 4.78 is 0. The lowest BCUT2D eigenvalue weighted by atomic mass is 9.62. The fraction of sp³-hybridized carbons (Fsp3) is 0.833. The number of rotatable bonds is 2. The van der Waals surface area contributed by atoms with Crippen molar-refractivity contribution in [1.82, 2.24) is 0 Å². The Bertz CT molecular complexity index is 127. The standard InChI is InChI=1S/C10H18.C2H6/c1-4-5-6-10(3)7-9(2)8-10;1-2/h4-5,9H,6-8H2,1-3H3;1-2H3/b5-4-;. The van der Waals surface area contributed by atoms with Crippen LogP contribution in [0.15, 0.2) is 12.2 Å². The highest BCUT2D eigenvalue weighted by Gasteiger charge is 2.35. The van der Waals surface area contributed by atoms with Crippen LogP contribution in [0.5, 0.6) is 0 Å². The van der Waals surface area contributed by atoms with Gasteiger partial charge in [-0.15, -0.1) is 0 Å². The van der Waals surface area contributed by atoms with Crippen LogP contribution in [-0.2, 0) is 0 Å². The molecule has 0 nitrogen and oxygen atoms in total. The maximum atomic E-state index is 2.40. The molecule has 12 heavy (non-hydrogen) atoms. The van der Waals surface area contributed by atoms with Crippen LogP contribution in [-0.4, -0.2) is 0 Å². The highest BCUT2D eigenvalue weighted by molar-refractivity contribution is 4.94. The van der Waals surface area contributed by atoms with Crippen molar-refractivity contribution >= 4 is 0 Å². The van der Waals surface area contributed by atoms with Gasteiger partial charge < -0.3 is 0 Å². The molecule has 0 aromatic rings. The van der Waals surface area contributed by atoms with Crippen molar-refractivity contribution in [3.05, 3.63) is 12.2 Å². The van der Waals surface area contributed by atoms with Gasteiger partial charge in [0.05, 0.1) is 0 Å². The lowest BCUT2D eigenvalue weighted by Crippen LogP contribution is -2.32. The molecule has 0 radical (unpaired) electrons. The largest absolute Gasteiger partial charge is 0.0916 e. The molecular weight excluding hydrogens is 144 g/mol. The fourth-order valence-corrected chi connectivity index (χ4v) is 2.19. The van der Waals surface area contributed by atoms with Gasteiger partial charge in [-0.1, -0.05) is 39.8 Å². The second-order valence-corrected chi connectivity index (χ2v) is 4.10. The summed E-state index contributed by atoms with van der Waals surface area (Å²) in [7, 11) is 0. The molecule has 0 heterocycles. The van der Waals surface area contributed by atoms with Crippen molar-refractivity contribution in [3.63, 3.8) is 0 Å². The van der Waals surface area contributed by atoms with Gasteiger partial charge in [0, 0.05) is 0 Å². The number of hydrogen-bond acceptors (Lipinski definition) is 0. The van der Waals surface area contributed by atoms with Gasteiger partial charge in [-0.3, -0.25) is 0 Å². The minimum absolute atomic E-state index is 0.659. The minimum atomic E-state index is 0.659. The first-order valence-electron chi connectivity index (χ1n) is 5.27. The third-order valence-electron chi connectivity index (χ3n) is 2.53. The first-order valence-corrected chi connectivity index (χ1v) is 5.27. The predicted octanol–water partition coefficient (Wildman–Crippen LogP) is 4.42. The van der Waals surface area contributed by atoms with Crippen LogP contribution in [0.3, 0.4) is 0 Å². The molecule has 0 heteroatoms. The molecule has 1 aliphatic rings. The second-order valence-electron chi connectivity index (χ2n) is 4.10. The molecule has 0 aromatic heterocycles. The van der Waals surface area contributed by atoms with E-state index in [9.17, 15) is 0 Å². The molecule has 0 unspecified atom stereocenters. The smallest absolute Gasteiger partial charge is 0.0286 e. The van der Waals surface area contributed by atoms with Crippen molar-refractivity contribution in [2.45, 2.75) is 53.9 Å². The Labute approximate surface area is 78.1 Å². The van der Waals surface area contributed by atoms with Crippen molar-refractivity contribution in [3.8, 4) is 0 Å². The molecule has 0 bridgehead atoms. The van der Waals surface area contributed by atoms with Gasteiger partial charge in [0.2, 0.25) is 0 Å². The van der Waals surface area contributed by atoms with Gasteiger partial charge in [-0.05, 0) is 37.5 Å². The molecule has 0 aliphatic heterocycles. The zero-order valence-electron chi connectivity index (χ0n) is 9.35. The minimum Gasteiger partial charge on any atom is -0.0916 e. The van der Waals surface area contributed by atoms with E-state index in [2.05, 4.69) is 32.9 Å². The first kappa shape index (κ1) is 11.7. The second kappa shape index (κ2) is 5.40. The molecule has 72 valence electrons. The Kier molecular flexibility index (Phi) is 5.28. The van der Waals surface area contributed by atoms with Crippen molar-refractivity contribution < 1.29 is 0 Å². The molecule has 1 rings (SSSR count). The summed E-state index contributed by atoms with van der Waals surface area (Å²) in [6, 6.07) is 0. The van der Waals surface area contributed by atoms with E-state index < -0.39 is 0 Å². The zero-order valence-corrected chi connectivity index (χ0v) is 9.35. The average molecular weight is 168 g/mol. The zero-order chi connectivity index (χ0) is 9.61. The SMILES string of the molecule is C/C=C\CC1(C)CC(C)C1.CC. The summed E-state index contributed by atoms with van der Waals surface area (Å²) in [5.41, 5.74) is 0.659. The van der Waals surface area contributed by atoms with Crippen molar-refractivity contribution in [2.24, 2.45) is 11.3 Å². The van der Waals surface area contributed by atoms with Gasteiger partial charge >= 0.3 is 0 Å². The van der Waals surface area contributed by atoms with Gasteiger partial charge in [-0.2, -0.15) is 0 Å². The summed E-state index contributed by atoms with van der Waals surface area (Å²) in [6.07, 6.45) is 8.60. The fourth-order valence-electron chi connectivity index (χ4n) is 2.19. The van der Waals surface area contributed by atoms with E-state index in [0.29, 0.717) is 5.41 Å². The Morgan fingerprint density at radius 2 is 1.83 bits per heavy atom. The Morgan fingerprint density at radius 3 is 2.17 bits per heavy atom. The molecular formula is C12H24. The Hall–Kier alpha value is -0.260.